The summed E-state index contributed by atoms with van der Waals surface area (Å²) >= 11 is 0. The quantitative estimate of drug-likeness (QED) is 0.821. The van der Waals surface area contributed by atoms with Gasteiger partial charge in [0.2, 0.25) is 0 Å². The summed E-state index contributed by atoms with van der Waals surface area (Å²) in [6.07, 6.45) is 0.375. The molecule has 2 unspecified atom stereocenters. The van der Waals surface area contributed by atoms with Crippen molar-refractivity contribution in [1.82, 2.24) is 0 Å². The predicted molar refractivity (Wildman–Crippen MR) is 82.2 cm³/mol. The fourth-order valence-corrected chi connectivity index (χ4v) is 2.06. The first-order valence-electron chi connectivity index (χ1n) is 7.05. The van der Waals surface area contributed by atoms with Crippen molar-refractivity contribution in [1.29, 1.82) is 0 Å². The van der Waals surface area contributed by atoms with Crippen LogP contribution < -0.4 is 0 Å². The highest BCUT2D eigenvalue weighted by atomic mass is 16.3. The Morgan fingerprint density at radius 1 is 0.789 bits per heavy atom. The molecule has 2 aromatic carbocycles. The van der Waals surface area contributed by atoms with Crippen molar-refractivity contribution >= 4 is 0 Å². The molecule has 1 heteroatoms. The second-order valence-electron chi connectivity index (χ2n) is 4.47. The van der Waals surface area contributed by atoms with Gasteiger partial charge in [-0.05, 0) is 23.5 Å². The maximum absolute atomic E-state index is 10.2. The second-order valence-corrected chi connectivity index (χ2v) is 4.47. The lowest BCUT2D eigenvalue weighted by atomic mass is 9.92. The third-order valence-corrected chi connectivity index (χ3v) is 3.13. The van der Waals surface area contributed by atoms with E-state index in [-0.39, 0.29) is 6.10 Å². The normalized spacial score (nSPS) is 13.1. The first-order valence-corrected chi connectivity index (χ1v) is 7.05. The summed E-state index contributed by atoms with van der Waals surface area (Å²) in [5.41, 5.74) is 2.28. The Kier molecular flexibility index (Phi) is 6.91. The molecule has 0 spiro atoms. The van der Waals surface area contributed by atoms with Gasteiger partial charge in [-0.2, -0.15) is 0 Å². The van der Waals surface area contributed by atoms with Crippen LogP contribution in [0.15, 0.2) is 60.7 Å². The van der Waals surface area contributed by atoms with Gasteiger partial charge in [0.15, 0.2) is 0 Å². The van der Waals surface area contributed by atoms with Crippen LogP contribution in [0.25, 0.3) is 0 Å². The Labute approximate surface area is 116 Å². The van der Waals surface area contributed by atoms with Crippen molar-refractivity contribution < 1.29 is 5.11 Å². The van der Waals surface area contributed by atoms with Crippen LogP contribution in [0.3, 0.4) is 0 Å². The topological polar surface area (TPSA) is 20.2 Å². The fourth-order valence-electron chi connectivity index (χ4n) is 2.06. The predicted octanol–water partition coefficient (Wildman–Crippen LogP) is 4.94. The molecule has 19 heavy (non-hydrogen) atoms. The standard InChI is InChI=1S/C16H18O.C2H6/c1-13(14-8-4-2-5-9-14)12-16(17)15-10-6-3-7-11-15;1-2/h2-11,13,16-17H,12H2,1H3;1-2H3. The molecule has 1 N–H and O–H groups in total. The van der Waals surface area contributed by atoms with Crippen molar-refractivity contribution in [2.45, 2.75) is 39.2 Å². The van der Waals surface area contributed by atoms with Crippen molar-refractivity contribution in [3.8, 4) is 0 Å². The summed E-state index contributed by atoms with van der Waals surface area (Å²) in [6.45, 7) is 6.15. The molecule has 2 atom stereocenters. The van der Waals surface area contributed by atoms with Gasteiger partial charge in [0.1, 0.15) is 0 Å². The number of benzene rings is 2. The highest BCUT2D eigenvalue weighted by Gasteiger charge is 2.13. The van der Waals surface area contributed by atoms with Gasteiger partial charge < -0.3 is 5.11 Å². The van der Waals surface area contributed by atoms with E-state index in [0.29, 0.717) is 5.92 Å². The molecule has 0 aliphatic carbocycles. The Balaban J connectivity index is 0.000000861. The van der Waals surface area contributed by atoms with Crippen LogP contribution in [0.2, 0.25) is 0 Å². The molecule has 0 radical (unpaired) electrons. The van der Waals surface area contributed by atoms with E-state index in [1.54, 1.807) is 0 Å². The van der Waals surface area contributed by atoms with Crippen molar-refractivity contribution in [2.75, 3.05) is 0 Å². The van der Waals surface area contributed by atoms with Crippen molar-refractivity contribution in [3.05, 3.63) is 71.8 Å². The maximum Gasteiger partial charge on any atom is 0.0795 e. The molecule has 0 heterocycles. The molecule has 0 fully saturated rings. The van der Waals surface area contributed by atoms with Crippen molar-refractivity contribution in [2.24, 2.45) is 0 Å². The minimum atomic E-state index is -0.383. The molecule has 0 aliphatic heterocycles. The van der Waals surface area contributed by atoms with Gasteiger partial charge in [0, 0.05) is 0 Å². The Morgan fingerprint density at radius 3 is 1.68 bits per heavy atom. The van der Waals surface area contributed by atoms with Gasteiger partial charge >= 0.3 is 0 Å². The van der Waals surface area contributed by atoms with Gasteiger partial charge in [-0.1, -0.05) is 81.4 Å². The minimum Gasteiger partial charge on any atom is -0.388 e. The Bertz CT molecular complexity index is 392. The monoisotopic (exact) mass is 256 g/mol. The van der Waals surface area contributed by atoms with Crippen LogP contribution >= 0.6 is 0 Å². The summed E-state index contributed by atoms with van der Waals surface area (Å²) in [5.74, 6) is 0.367. The summed E-state index contributed by atoms with van der Waals surface area (Å²) < 4.78 is 0. The molecule has 1 nitrogen and oxygen atoms in total. The van der Waals surface area contributed by atoms with E-state index in [9.17, 15) is 5.11 Å². The smallest absolute Gasteiger partial charge is 0.0795 e. The van der Waals surface area contributed by atoms with E-state index in [4.69, 9.17) is 0 Å². The van der Waals surface area contributed by atoms with Crippen LogP contribution in [0, 0.1) is 0 Å². The SMILES string of the molecule is CC.CC(CC(O)c1ccccc1)c1ccccc1. The molecule has 2 aromatic rings. The van der Waals surface area contributed by atoms with E-state index in [0.717, 1.165) is 12.0 Å². The van der Waals surface area contributed by atoms with Crippen LogP contribution in [0.1, 0.15) is 50.3 Å². The molecule has 0 aliphatic rings. The zero-order valence-corrected chi connectivity index (χ0v) is 12.1. The van der Waals surface area contributed by atoms with E-state index in [1.807, 2.05) is 62.4 Å². The molecular formula is C18H24O. The maximum atomic E-state index is 10.2. The highest BCUT2D eigenvalue weighted by molar-refractivity contribution is 5.21. The molecule has 2 rings (SSSR count). The van der Waals surface area contributed by atoms with Gasteiger partial charge in [0.05, 0.1) is 6.10 Å². The van der Waals surface area contributed by atoms with Crippen LogP contribution in [-0.4, -0.2) is 5.11 Å². The van der Waals surface area contributed by atoms with Crippen LogP contribution in [-0.2, 0) is 0 Å². The lowest BCUT2D eigenvalue weighted by Gasteiger charge is -2.17. The van der Waals surface area contributed by atoms with Crippen molar-refractivity contribution in [3.63, 3.8) is 0 Å². The fraction of sp³-hybridized carbons (Fsp3) is 0.333. The lowest BCUT2D eigenvalue weighted by Crippen LogP contribution is -2.03. The minimum absolute atomic E-state index is 0.367. The first-order chi connectivity index (χ1) is 9.27. The number of aliphatic hydroxyl groups is 1. The molecular weight excluding hydrogens is 232 g/mol. The van der Waals surface area contributed by atoms with Gasteiger partial charge in [-0.25, -0.2) is 0 Å². The number of hydrogen-bond acceptors (Lipinski definition) is 1. The molecule has 0 amide bonds. The second kappa shape index (κ2) is 8.49. The average Bonchev–Trinajstić information content (AvgIpc) is 2.51. The van der Waals surface area contributed by atoms with E-state index in [1.165, 1.54) is 5.56 Å². The summed E-state index contributed by atoms with van der Waals surface area (Å²) in [7, 11) is 0. The van der Waals surface area contributed by atoms with Gasteiger partial charge in [-0.15, -0.1) is 0 Å². The molecule has 102 valence electrons. The first kappa shape index (κ1) is 15.5. The molecule has 0 saturated heterocycles. The zero-order valence-electron chi connectivity index (χ0n) is 12.1. The lowest BCUT2D eigenvalue weighted by molar-refractivity contribution is 0.159. The van der Waals surface area contributed by atoms with Gasteiger partial charge in [0.25, 0.3) is 0 Å². The zero-order chi connectivity index (χ0) is 14.1. The van der Waals surface area contributed by atoms with E-state index < -0.39 is 0 Å². The third kappa shape index (κ3) is 4.88. The summed E-state index contributed by atoms with van der Waals surface area (Å²) in [4.78, 5) is 0. The Morgan fingerprint density at radius 2 is 1.21 bits per heavy atom. The molecule has 0 saturated carbocycles. The van der Waals surface area contributed by atoms with E-state index >= 15 is 0 Å². The molecule has 0 bridgehead atoms. The number of hydrogen-bond donors (Lipinski definition) is 1. The number of rotatable bonds is 4. The van der Waals surface area contributed by atoms with E-state index in [2.05, 4.69) is 19.1 Å². The largest absolute Gasteiger partial charge is 0.388 e. The third-order valence-electron chi connectivity index (χ3n) is 3.13. The molecule has 0 aromatic heterocycles. The van der Waals surface area contributed by atoms with Crippen LogP contribution in [0.5, 0.6) is 0 Å². The average molecular weight is 256 g/mol. The summed E-state index contributed by atoms with van der Waals surface area (Å²) in [6, 6.07) is 20.2. The highest BCUT2D eigenvalue weighted by Crippen LogP contribution is 2.27. The van der Waals surface area contributed by atoms with Gasteiger partial charge in [-0.3, -0.25) is 0 Å². The summed E-state index contributed by atoms with van der Waals surface area (Å²) in [5, 5.41) is 10.2. The number of aliphatic hydroxyl groups excluding tert-OH is 1. The van der Waals surface area contributed by atoms with Crippen LogP contribution in [0.4, 0.5) is 0 Å². The Hall–Kier alpha value is -1.60.